The van der Waals surface area contributed by atoms with Crippen LogP contribution in [-0.2, 0) is 14.3 Å². The van der Waals surface area contributed by atoms with Gasteiger partial charge in [-0.3, -0.25) is 19.7 Å². The number of amides is 1. The molecular weight excluding hydrogens is 386 g/mol. The first-order valence-electron chi connectivity index (χ1n) is 9.74. The number of para-hydroxylation sites is 2. The van der Waals surface area contributed by atoms with Crippen LogP contribution in [0, 0.1) is 30.9 Å². The first kappa shape index (κ1) is 22.9. The van der Waals surface area contributed by atoms with E-state index in [1.807, 2.05) is 32.9 Å². The van der Waals surface area contributed by atoms with E-state index in [2.05, 4.69) is 10.6 Å². The number of nitrogens with zero attached hydrogens (tertiary/aromatic N) is 1. The minimum Gasteiger partial charge on any atom is -0.453 e. The zero-order valence-corrected chi connectivity index (χ0v) is 17.7. The first-order valence-corrected chi connectivity index (χ1v) is 9.74. The van der Waals surface area contributed by atoms with Gasteiger partial charge in [-0.15, -0.1) is 0 Å². The quantitative estimate of drug-likeness (QED) is 0.275. The topological polar surface area (TPSA) is 111 Å². The Kier molecular flexibility index (Phi) is 7.91. The second-order valence-corrected chi connectivity index (χ2v) is 7.20. The standard InChI is InChI=1S/C22H27N3O5/c1-14-12-15(2)21(16(3)13-14)24-22(27)17(4)30-20(26)10-7-11-23-18-8-5-6-9-19(18)25(28)29/h5-6,8-9,12-13,17,23H,7,10-11H2,1-4H3,(H,24,27). The Labute approximate surface area is 175 Å². The molecule has 2 rings (SSSR count). The number of carbonyl (C=O) groups excluding carboxylic acids is 2. The predicted molar refractivity (Wildman–Crippen MR) is 116 cm³/mol. The van der Waals surface area contributed by atoms with Crippen molar-refractivity contribution in [1.82, 2.24) is 0 Å². The summed E-state index contributed by atoms with van der Waals surface area (Å²) < 4.78 is 5.22. The summed E-state index contributed by atoms with van der Waals surface area (Å²) in [5, 5.41) is 16.8. The van der Waals surface area contributed by atoms with Gasteiger partial charge in [0.1, 0.15) is 5.69 Å². The number of hydrogen-bond donors (Lipinski definition) is 2. The highest BCUT2D eigenvalue weighted by Crippen LogP contribution is 2.23. The van der Waals surface area contributed by atoms with Crippen molar-refractivity contribution >= 4 is 28.9 Å². The van der Waals surface area contributed by atoms with Crippen molar-refractivity contribution in [2.24, 2.45) is 0 Å². The van der Waals surface area contributed by atoms with Gasteiger partial charge in [0.25, 0.3) is 11.6 Å². The predicted octanol–water partition coefficient (Wildman–Crippen LogP) is 4.28. The molecule has 8 heteroatoms. The molecule has 0 aliphatic carbocycles. The van der Waals surface area contributed by atoms with Gasteiger partial charge in [0, 0.05) is 24.7 Å². The monoisotopic (exact) mass is 413 g/mol. The molecule has 0 radical (unpaired) electrons. The SMILES string of the molecule is Cc1cc(C)c(NC(=O)C(C)OC(=O)CCCNc2ccccc2[N+](=O)[O-])c(C)c1. The van der Waals surface area contributed by atoms with Crippen LogP contribution >= 0.6 is 0 Å². The molecule has 0 fully saturated rings. The van der Waals surface area contributed by atoms with Gasteiger partial charge in [-0.25, -0.2) is 0 Å². The van der Waals surface area contributed by atoms with Crippen molar-refractivity contribution in [3.05, 3.63) is 63.2 Å². The van der Waals surface area contributed by atoms with E-state index in [0.717, 1.165) is 22.4 Å². The molecular formula is C22H27N3O5. The van der Waals surface area contributed by atoms with E-state index in [-0.39, 0.29) is 12.1 Å². The van der Waals surface area contributed by atoms with Crippen molar-refractivity contribution in [1.29, 1.82) is 0 Å². The van der Waals surface area contributed by atoms with Crippen LogP contribution in [-0.4, -0.2) is 29.4 Å². The van der Waals surface area contributed by atoms with E-state index in [1.165, 1.54) is 13.0 Å². The van der Waals surface area contributed by atoms with Gasteiger partial charge in [0.15, 0.2) is 6.10 Å². The fraction of sp³-hybridized carbons (Fsp3) is 0.364. The lowest BCUT2D eigenvalue weighted by molar-refractivity contribution is -0.384. The summed E-state index contributed by atoms with van der Waals surface area (Å²) in [6, 6.07) is 10.3. The van der Waals surface area contributed by atoms with E-state index in [1.54, 1.807) is 18.2 Å². The third kappa shape index (κ3) is 6.30. The second kappa shape index (κ2) is 10.4. The molecule has 0 saturated carbocycles. The highest BCUT2D eigenvalue weighted by Gasteiger charge is 2.19. The summed E-state index contributed by atoms with van der Waals surface area (Å²) in [4.78, 5) is 35.0. The Morgan fingerprint density at radius 1 is 1.13 bits per heavy atom. The lowest BCUT2D eigenvalue weighted by Gasteiger charge is -2.17. The lowest BCUT2D eigenvalue weighted by atomic mass is 10.0. The number of rotatable bonds is 9. The summed E-state index contributed by atoms with van der Waals surface area (Å²) >= 11 is 0. The van der Waals surface area contributed by atoms with E-state index in [4.69, 9.17) is 4.74 Å². The summed E-state index contributed by atoms with van der Waals surface area (Å²) in [5.41, 5.74) is 4.10. The van der Waals surface area contributed by atoms with Gasteiger partial charge in [-0.2, -0.15) is 0 Å². The Morgan fingerprint density at radius 2 is 1.77 bits per heavy atom. The molecule has 30 heavy (non-hydrogen) atoms. The number of hydrogen-bond acceptors (Lipinski definition) is 6. The Hall–Kier alpha value is -3.42. The molecule has 160 valence electrons. The number of carbonyl (C=O) groups is 2. The summed E-state index contributed by atoms with van der Waals surface area (Å²) in [5.74, 6) is -0.893. The second-order valence-electron chi connectivity index (χ2n) is 7.20. The molecule has 0 spiro atoms. The van der Waals surface area contributed by atoms with Gasteiger partial charge in [0.05, 0.1) is 4.92 Å². The fourth-order valence-corrected chi connectivity index (χ4v) is 3.15. The first-order chi connectivity index (χ1) is 14.2. The van der Waals surface area contributed by atoms with E-state index in [0.29, 0.717) is 18.7 Å². The van der Waals surface area contributed by atoms with Crippen LogP contribution < -0.4 is 10.6 Å². The van der Waals surface area contributed by atoms with Crippen molar-refractivity contribution in [2.45, 2.75) is 46.6 Å². The number of ether oxygens (including phenoxy) is 1. The van der Waals surface area contributed by atoms with Gasteiger partial charge in [-0.1, -0.05) is 29.8 Å². The van der Waals surface area contributed by atoms with Crippen molar-refractivity contribution < 1.29 is 19.2 Å². The minimum absolute atomic E-state index is 0.0212. The van der Waals surface area contributed by atoms with Gasteiger partial charge < -0.3 is 15.4 Å². The van der Waals surface area contributed by atoms with Crippen LogP contribution in [0.5, 0.6) is 0 Å². The van der Waals surface area contributed by atoms with Crippen LogP contribution in [0.4, 0.5) is 17.1 Å². The number of benzene rings is 2. The fourth-order valence-electron chi connectivity index (χ4n) is 3.15. The third-order valence-corrected chi connectivity index (χ3v) is 4.58. The molecule has 2 aromatic rings. The number of aryl methyl sites for hydroxylation is 3. The normalized spacial score (nSPS) is 11.5. The van der Waals surface area contributed by atoms with Gasteiger partial charge in [0.2, 0.25) is 0 Å². The number of anilines is 2. The molecule has 8 nitrogen and oxygen atoms in total. The maximum absolute atomic E-state index is 12.4. The number of nitro groups is 1. The molecule has 1 unspecified atom stereocenters. The Balaban J connectivity index is 1.79. The molecule has 2 N–H and O–H groups in total. The Bertz CT molecular complexity index is 919. The van der Waals surface area contributed by atoms with E-state index in [9.17, 15) is 19.7 Å². The summed E-state index contributed by atoms with van der Waals surface area (Å²) in [7, 11) is 0. The van der Waals surface area contributed by atoms with Crippen molar-refractivity contribution in [2.75, 3.05) is 17.2 Å². The van der Waals surface area contributed by atoms with E-state index < -0.39 is 22.9 Å². The molecule has 0 bridgehead atoms. The van der Waals surface area contributed by atoms with Gasteiger partial charge >= 0.3 is 5.97 Å². The minimum atomic E-state index is -0.930. The highest BCUT2D eigenvalue weighted by molar-refractivity contribution is 5.96. The zero-order chi connectivity index (χ0) is 22.3. The molecule has 0 aromatic heterocycles. The zero-order valence-electron chi connectivity index (χ0n) is 17.7. The molecule has 1 atom stereocenters. The summed E-state index contributed by atoms with van der Waals surface area (Å²) in [6.45, 7) is 7.70. The van der Waals surface area contributed by atoms with Crippen LogP contribution in [0.25, 0.3) is 0 Å². The highest BCUT2D eigenvalue weighted by atomic mass is 16.6. The maximum Gasteiger partial charge on any atom is 0.306 e. The molecule has 1 amide bonds. The summed E-state index contributed by atoms with van der Waals surface area (Å²) in [6.07, 6.45) is -0.427. The molecule has 0 aliphatic rings. The average molecular weight is 413 g/mol. The maximum atomic E-state index is 12.4. The van der Waals surface area contributed by atoms with Crippen molar-refractivity contribution in [3.63, 3.8) is 0 Å². The number of nitro benzene ring substituents is 1. The van der Waals surface area contributed by atoms with Crippen LogP contribution in [0.15, 0.2) is 36.4 Å². The lowest BCUT2D eigenvalue weighted by Crippen LogP contribution is -2.30. The van der Waals surface area contributed by atoms with Crippen molar-refractivity contribution in [3.8, 4) is 0 Å². The van der Waals surface area contributed by atoms with Crippen LogP contribution in [0.3, 0.4) is 0 Å². The van der Waals surface area contributed by atoms with Crippen LogP contribution in [0.2, 0.25) is 0 Å². The third-order valence-electron chi connectivity index (χ3n) is 4.58. The largest absolute Gasteiger partial charge is 0.453 e. The average Bonchev–Trinajstić information content (AvgIpc) is 2.67. The van der Waals surface area contributed by atoms with Gasteiger partial charge in [-0.05, 0) is 51.3 Å². The molecule has 0 heterocycles. The van der Waals surface area contributed by atoms with E-state index >= 15 is 0 Å². The molecule has 2 aromatic carbocycles. The molecule has 0 saturated heterocycles. The smallest absolute Gasteiger partial charge is 0.306 e. The molecule has 0 aliphatic heterocycles. The Morgan fingerprint density at radius 3 is 2.40 bits per heavy atom. The van der Waals surface area contributed by atoms with Crippen LogP contribution in [0.1, 0.15) is 36.5 Å². The number of esters is 1. The number of nitrogens with one attached hydrogen (secondary N) is 2.